The Morgan fingerprint density at radius 1 is 1.25 bits per heavy atom. The Morgan fingerprint density at radius 3 is 2.50 bits per heavy atom. The molecule has 1 N–H and O–H groups in total. The third-order valence-corrected chi connectivity index (χ3v) is 2.65. The van der Waals surface area contributed by atoms with E-state index in [4.69, 9.17) is 0 Å². The van der Waals surface area contributed by atoms with Gasteiger partial charge in [0.1, 0.15) is 0 Å². The standard InChI is InChI=1S/C15H22O/c1-12-8-9-14(13(2)11-12)7-5-6-10-15(3,4)16/h5,7-9,11,16H,6,10H2,1-4H3/b7-5+. The summed E-state index contributed by atoms with van der Waals surface area (Å²) in [5.74, 6) is 0. The number of benzene rings is 1. The third-order valence-electron chi connectivity index (χ3n) is 2.65. The van der Waals surface area contributed by atoms with E-state index in [2.05, 4.69) is 44.2 Å². The third kappa shape index (κ3) is 4.63. The monoisotopic (exact) mass is 218 g/mol. The van der Waals surface area contributed by atoms with E-state index in [0.29, 0.717) is 0 Å². The van der Waals surface area contributed by atoms with E-state index in [1.165, 1.54) is 16.7 Å². The van der Waals surface area contributed by atoms with Crippen molar-refractivity contribution in [2.75, 3.05) is 0 Å². The minimum atomic E-state index is -0.563. The van der Waals surface area contributed by atoms with Crippen LogP contribution in [0, 0.1) is 13.8 Å². The van der Waals surface area contributed by atoms with E-state index >= 15 is 0 Å². The number of rotatable bonds is 4. The highest BCUT2D eigenvalue weighted by Gasteiger charge is 2.09. The van der Waals surface area contributed by atoms with Gasteiger partial charge >= 0.3 is 0 Å². The van der Waals surface area contributed by atoms with Gasteiger partial charge in [-0.25, -0.2) is 0 Å². The molecule has 16 heavy (non-hydrogen) atoms. The summed E-state index contributed by atoms with van der Waals surface area (Å²) in [7, 11) is 0. The summed E-state index contributed by atoms with van der Waals surface area (Å²) in [5.41, 5.74) is 3.30. The van der Waals surface area contributed by atoms with Crippen molar-refractivity contribution in [2.45, 2.75) is 46.1 Å². The molecule has 0 amide bonds. The molecule has 1 aromatic rings. The first-order chi connectivity index (χ1) is 7.38. The lowest BCUT2D eigenvalue weighted by Gasteiger charge is -2.14. The summed E-state index contributed by atoms with van der Waals surface area (Å²) in [5, 5.41) is 9.57. The molecule has 1 aromatic carbocycles. The first-order valence-corrected chi connectivity index (χ1v) is 5.85. The lowest BCUT2D eigenvalue weighted by molar-refractivity contribution is 0.0722. The highest BCUT2D eigenvalue weighted by Crippen LogP contribution is 2.15. The van der Waals surface area contributed by atoms with Crippen LogP contribution in [-0.4, -0.2) is 10.7 Å². The molecule has 0 saturated heterocycles. The lowest BCUT2D eigenvalue weighted by Crippen LogP contribution is -2.17. The van der Waals surface area contributed by atoms with Crippen LogP contribution in [0.5, 0.6) is 0 Å². The maximum Gasteiger partial charge on any atom is 0.0594 e. The van der Waals surface area contributed by atoms with Crippen molar-refractivity contribution in [1.29, 1.82) is 0 Å². The topological polar surface area (TPSA) is 20.2 Å². The van der Waals surface area contributed by atoms with E-state index in [0.717, 1.165) is 12.8 Å². The second-order valence-corrected chi connectivity index (χ2v) is 5.11. The molecule has 0 unspecified atom stereocenters. The van der Waals surface area contributed by atoms with Gasteiger partial charge in [0.05, 0.1) is 5.60 Å². The lowest BCUT2D eigenvalue weighted by atomic mass is 10.0. The fourth-order valence-corrected chi connectivity index (χ4v) is 1.66. The fourth-order valence-electron chi connectivity index (χ4n) is 1.66. The molecule has 0 atom stereocenters. The predicted molar refractivity (Wildman–Crippen MR) is 70.5 cm³/mol. The zero-order valence-corrected chi connectivity index (χ0v) is 10.7. The minimum absolute atomic E-state index is 0.563. The molecule has 0 aromatic heterocycles. The van der Waals surface area contributed by atoms with Gasteiger partial charge in [-0.3, -0.25) is 0 Å². The predicted octanol–water partition coefficient (Wildman–Crippen LogP) is 3.87. The molecule has 1 rings (SSSR count). The molecule has 0 saturated carbocycles. The largest absolute Gasteiger partial charge is 0.390 e. The number of hydrogen-bond acceptors (Lipinski definition) is 1. The molecular weight excluding hydrogens is 196 g/mol. The Hall–Kier alpha value is -1.08. The second-order valence-electron chi connectivity index (χ2n) is 5.11. The second kappa shape index (κ2) is 5.31. The molecule has 0 aliphatic rings. The number of allylic oxidation sites excluding steroid dienone is 1. The first-order valence-electron chi connectivity index (χ1n) is 5.85. The highest BCUT2D eigenvalue weighted by molar-refractivity contribution is 5.54. The van der Waals surface area contributed by atoms with Crippen molar-refractivity contribution in [1.82, 2.24) is 0 Å². The summed E-state index contributed by atoms with van der Waals surface area (Å²) in [6.45, 7) is 7.92. The molecule has 0 spiro atoms. The maximum atomic E-state index is 9.57. The van der Waals surface area contributed by atoms with Crippen molar-refractivity contribution in [3.05, 3.63) is 41.0 Å². The molecule has 0 aliphatic carbocycles. The van der Waals surface area contributed by atoms with E-state index in [1.807, 2.05) is 13.8 Å². The van der Waals surface area contributed by atoms with Crippen LogP contribution in [-0.2, 0) is 0 Å². The number of aliphatic hydroxyl groups is 1. The van der Waals surface area contributed by atoms with Crippen molar-refractivity contribution in [3.63, 3.8) is 0 Å². The van der Waals surface area contributed by atoms with Crippen LogP contribution in [0.4, 0.5) is 0 Å². The van der Waals surface area contributed by atoms with Gasteiger partial charge < -0.3 is 5.11 Å². The molecule has 1 heteroatoms. The van der Waals surface area contributed by atoms with Gasteiger partial charge in [0.25, 0.3) is 0 Å². The van der Waals surface area contributed by atoms with Gasteiger partial charge in [-0.15, -0.1) is 0 Å². The Kier molecular flexibility index (Phi) is 4.31. The molecular formula is C15H22O. The van der Waals surface area contributed by atoms with Gasteiger partial charge in [-0.2, -0.15) is 0 Å². The van der Waals surface area contributed by atoms with Gasteiger partial charge in [0.15, 0.2) is 0 Å². The van der Waals surface area contributed by atoms with Crippen LogP contribution in [0.15, 0.2) is 24.3 Å². The minimum Gasteiger partial charge on any atom is -0.390 e. The van der Waals surface area contributed by atoms with Crippen molar-refractivity contribution >= 4 is 6.08 Å². The summed E-state index contributed by atoms with van der Waals surface area (Å²) in [4.78, 5) is 0. The molecule has 0 radical (unpaired) electrons. The Labute approximate surface area is 98.8 Å². The van der Waals surface area contributed by atoms with E-state index in [-0.39, 0.29) is 0 Å². The van der Waals surface area contributed by atoms with Gasteiger partial charge in [0, 0.05) is 0 Å². The molecule has 1 nitrogen and oxygen atoms in total. The molecule has 0 fully saturated rings. The summed E-state index contributed by atoms with van der Waals surface area (Å²) in [6, 6.07) is 6.46. The average molecular weight is 218 g/mol. The van der Waals surface area contributed by atoms with Crippen LogP contribution in [0.25, 0.3) is 6.08 Å². The summed E-state index contributed by atoms with van der Waals surface area (Å²) < 4.78 is 0. The zero-order chi connectivity index (χ0) is 12.2. The Balaban J connectivity index is 2.57. The van der Waals surface area contributed by atoms with Crippen LogP contribution >= 0.6 is 0 Å². The van der Waals surface area contributed by atoms with Crippen molar-refractivity contribution < 1.29 is 5.11 Å². The van der Waals surface area contributed by atoms with Crippen LogP contribution in [0.2, 0.25) is 0 Å². The molecule has 0 bridgehead atoms. The van der Waals surface area contributed by atoms with E-state index < -0.39 is 5.60 Å². The van der Waals surface area contributed by atoms with Crippen molar-refractivity contribution in [3.8, 4) is 0 Å². The first kappa shape index (κ1) is 13.0. The molecule has 0 heterocycles. The fraction of sp³-hybridized carbons (Fsp3) is 0.467. The van der Waals surface area contributed by atoms with Crippen LogP contribution < -0.4 is 0 Å². The number of aryl methyl sites for hydroxylation is 2. The van der Waals surface area contributed by atoms with Gasteiger partial charge in [-0.05, 0) is 51.7 Å². The smallest absolute Gasteiger partial charge is 0.0594 e. The zero-order valence-electron chi connectivity index (χ0n) is 10.7. The Morgan fingerprint density at radius 2 is 1.94 bits per heavy atom. The molecule has 0 aliphatic heterocycles. The SMILES string of the molecule is Cc1ccc(/C=C/CCC(C)(C)O)c(C)c1. The van der Waals surface area contributed by atoms with Crippen LogP contribution in [0.3, 0.4) is 0 Å². The highest BCUT2D eigenvalue weighted by atomic mass is 16.3. The van der Waals surface area contributed by atoms with Gasteiger partial charge in [0.2, 0.25) is 0 Å². The average Bonchev–Trinajstić information content (AvgIpc) is 2.13. The maximum absolute atomic E-state index is 9.57. The van der Waals surface area contributed by atoms with Gasteiger partial charge in [-0.1, -0.05) is 35.9 Å². The molecule has 88 valence electrons. The van der Waals surface area contributed by atoms with E-state index in [9.17, 15) is 5.11 Å². The number of hydrogen-bond donors (Lipinski definition) is 1. The van der Waals surface area contributed by atoms with Crippen molar-refractivity contribution in [2.24, 2.45) is 0 Å². The summed E-state index contributed by atoms with van der Waals surface area (Å²) in [6.07, 6.45) is 5.99. The van der Waals surface area contributed by atoms with Crippen LogP contribution in [0.1, 0.15) is 43.4 Å². The Bertz CT molecular complexity index is 370. The normalized spacial score (nSPS) is 12.3. The summed E-state index contributed by atoms with van der Waals surface area (Å²) >= 11 is 0. The van der Waals surface area contributed by atoms with E-state index in [1.54, 1.807) is 0 Å². The quantitative estimate of drug-likeness (QED) is 0.813.